The van der Waals surface area contributed by atoms with Crippen LogP contribution in [0.5, 0.6) is 5.75 Å². The molecule has 3 aromatic rings. The third kappa shape index (κ3) is 5.38. The maximum absolute atomic E-state index is 5.51. The first-order valence-electron chi connectivity index (χ1n) is 10.4. The molecule has 9 heteroatoms. The number of pyridine rings is 1. The van der Waals surface area contributed by atoms with Crippen LogP contribution in [0.3, 0.4) is 0 Å². The minimum Gasteiger partial charge on any atom is -0.495 e. The lowest BCUT2D eigenvalue weighted by Crippen LogP contribution is -2.52. The van der Waals surface area contributed by atoms with Gasteiger partial charge in [-0.15, -0.1) is 34.2 Å². The third-order valence-corrected chi connectivity index (χ3v) is 5.46. The van der Waals surface area contributed by atoms with Crippen LogP contribution >= 0.6 is 24.0 Å². The number of rotatable bonds is 6. The summed E-state index contributed by atoms with van der Waals surface area (Å²) in [5, 5.41) is 12.0. The Labute approximate surface area is 200 Å². The van der Waals surface area contributed by atoms with E-state index in [-0.39, 0.29) is 24.0 Å². The Hall–Kier alpha value is -2.56. The van der Waals surface area contributed by atoms with Crippen molar-refractivity contribution < 1.29 is 4.74 Å². The summed E-state index contributed by atoms with van der Waals surface area (Å²) in [6, 6.07) is 14.2. The number of benzene rings is 1. The van der Waals surface area contributed by atoms with Crippen molar-refractivity contribution in [2.75, 3.05) is 51.8 Å². The van der Waals surface area contributed by atoms with E-state index in [0.29, 0.717) is 0 Å². The standard InChI is InChI=1S/C22H29N7O.HI/c1-23-22(24-12-7-11-21-26-25-20-10-5-6-13-29(20)21)28-16-14-27(15-17-28)18-8-3-4-9-19(18)30-2;/h3-6,8-10,13H,7,11-12,14-17H2,1-2H3,(H,23,24);1H. The van der Waals surface area contributed by atoms with Gasteiger partial charge in [0.2, 0.25) is 0 Å². The zero-order valence-corrected chi connectivity index (χ0v) is 20.4. The maximum atomic E-state index is 5.51. The number of piperazine rings is 1. The lowest BCUT2D eigenvalue weighted by molar-refractivity contribution is 0.367. The molecule has 0 radical (unpaired) electrons. The fourth-order valence-electron chi connectivity index (χ4n) is 3.89. The van der Waals surface area contributed by atoms with Crippen LogP contribution in [0.2, 0.25) is 0 Å². The van der Waals surface area contributed by atoms with Crippen LogP contribution < -0.4 is 15.0 Å². The summed E-state index contributed by atoms with van der Waals surface area (Å²) in [7, 11) is 3.57. The van der Waals surface area contributed by atoms with Crippen molar-refractivity contribution in [2.24, 2.45) is 4.99 Å². The molecule has 1 saturated heterocycles. The van der Waals surface area contributed by atoms with Gasteiger partial charge < -0.3 is 19.9 Å². The second-order valence-corrected chi connectivity index (χ2v) is 7.27. The lowest BCUT2D eigenvalue weighted by Gasteiger charge is -2.38. The molecular formula is C22H30IN7O. The predicted molar refractivity (Wildman–Crippen MR) is 135 cm³/mol. The molecule has 1 aromatic carbocycles. The van der Waals surface area contributed by atoms with Gasteiger partial charge in [0.15, 0.2) is 11.6 Å². The van der Waals surface area contributed by atoms with Gasteiger partial charge in [0, 0.05) is 52.4 Å². The van der Waals surface area contributed by atoms with Crippen molar-refractivity contribution in [3.8, 4) is 5.75 Å². The Balaban J connectivity index is 0.00000272. The summed E-state index contributed by atoms with van der Waals surface area (Å²) in [6.07, 6.45) is 3.85. The van der Waals surface area contributed by atoms with E-state index in [9.17, 15) is 0 Å². The molecule has 0 spiro atoms. The first-order valence-corrected chi connectivity index (χ1v) is 10.4. The molecule has 1 fully saturated rings. The van der Waals surface area contributed by atoms with Gasteiger partial charge in [-0.2, -0.15) is 0 Å². The van der Waals surface area contributed by atoms with E-state index in [4.69, 9.17) is 4.74 Å². The second-order valence-electron chi connectivity index (χ2n) is 7.27. The number of halogens is 1. The third-order valence-electron chi connectivity index (χ3n) is 5.46. The lowest BCUT2D eigenvalue weighted by atomic mass is 10.2. The van der Waals surface area contributed by atoms with E-state index in [1.165, 1.54) is 0 Å². The number of hydrogen-bond acceptors (Lipinski definition) is 5. The van der Waals surface area contributed by atoms with Crippen molar-refractivity contribution in [1.82, 2.24) is 24.8 Å². The highest BCUT2D eigenvalue weighted by atomic mass is 127. The van der Waals surface area contributed by atoms with Gasteiger partial charge >= 0.3 is 0 Å². The number of methoxy groups -OCH3 is 1. The molecule has 0 aliphatic carbocycles. The Morgan fingerprint density at radius 3 is 2.61 bits per heavy atom. The predicted octanol–water partition coefficient (Wildman–Crippen LogP) is 2.69. The van der Waals surface area contributed by atoms with Gasteiger partial charge in [-0.1, -0.05) is 18.2 Å². The number of fused-ring (bicyclic) bond motifs is 1. The molecule has 1 aliphatic rings. The van der Waals surface area contributed by atoms with Crippen LogP contribution in [0, 0.1) is 0 Å². The van der Waals surface area contributed by atoms with Crippen LogP contribution in [0.25, 0.3) is 5.65 Å². The largest absolute Gasteiger partial charge is 0.495 e. The minimum atomic E-state index is 0. The van der Waals surface area contributed by atoms with E-state index in [1.807, 2.05) is 48.0 Å². The van der Waals surface area contributed by atoms with Crippen LogP contribution in [-0.2, 0) is 6.42 Å². The topological polar surface area (TPSA) is 70.3 Å². The maximum Gasteiger partial charge on any atom is 0.193 e. The van der Waals surface area contributed by atoms with E-state index in [2.05, 4.69) is 42.4 Å². The van der Waals surface area contributed by atoms with Crippen molar-refractivity contribution in [3.05, 3.63) is 54.5 Å². The van der Waals surface area contributed by atoms with Gasteiger partial charge in [0.05, 0.1) is 12.8 Å². The average molecular weight is 535 g/mol. The fraction of sp³-hybridized carbons (Fsp3) is 0.409. The molecule has 0 bridgehead atoms. The monoisotopic (exact) mass is 535 g/mol. The SMILES string of the molecule is CN=C(NCCCc1nnc2ccccn12)N1CCN(c2ccccc2OC)CC1.I. The normalized spacial score (nSPS) is 14.5. The zero-order chi connectivity index (χ0) is 20.8. The van der Waals surface area contributed by atoms with Crippen LogP contribution in [0.15, 0.2) is 53.7 Å². The molecule has 4 rings (SSSR count). The van der Waals surface area contributed by atoms with Crippen LogP contribution in [0.4, 0.5) is 5.69 Å². The van der Waals surface area contributed by atoms with E-state index < -0.39 is 0 Å². The summed E-state index contributed by atoms with van der Waals surface area (Å²) >= 11 is 0. The van der Waals surface area contributed by atoms with Gasteiger partial charge in [-0.3, -0.25) is 9.39 Å². The van der Waals surface area contributed by atoms with Gasteiger partial charge in [0.25, 0.3) is 0 Å². The smallest absolute Gasteiger partial charge is 0.193 e. The average Bonchev–Trinajstić information content (AvgIpc) is 3.22. The van der Waals surface area contributed by atoms with Crippen molar-refractivity contribution in [1.29, 1.82) is 0 Å². The number of aliphatic imine (C=N–C) groups is 1. The number of nitrogens with one attached hydrogen (secondary N) is 1. The molecule has 8 nitrogen and oxygen atoms in total. The summed E-state index contributed by atoms with van der Waals surface area (Å²) in [6.45, 7) is 4.57. The molecule has 0 saturated carbocycles. The van der Waals surface area contributed by atoms with Crippen LogP contribution in [0.1, 0.15) is 12.2 Å². The number of aromatic nitrogens is 3. The Morgan fingerprint density at radius 2 is 1.84 bits per heavy atom. The Kier molecular flexibility index (Phi) is 8.33. The quantitative estimate of drug-likeness (QED) is 0.227. The summed E-state index contributed by atoms with van der Waals surface area (Å²) < 4.78 is 7.56. The second kappa shape index (κ2) is 11.2. The van der Waals surface area contributed by atoms with Crippen molar-refractivity contribution >= 4 is 41.3 Å². The first-order chi connectivity index (χ1) is 14.8. The summed E-state index contributed by atoms with van der Waals surface area (Å²) in [5.41, 5.74) is 2.05. The molecular weight excluding hydrogens is 505 g/mol. The number of nitrogens with zero attached hydrogens (tertiary/aromatic N) is 6. The van der Waals surface area contributed by atoms with Crippen LogP contribution in [-0.4, -0.2) is 72.3 Å². The highest BCUT2D eigenvalue weighted by Gasteiger charge is 2.21. The van der Waals surface area contributed by atoms with Crippen molar-refractivity contribution in [2.45, 2.75) is 12.8 Å². The molecule has 1 N–H and O–H groups in total. The zero-order valence-electron chi connectivity index (χ0n) is 18.1. The molecule has 0 amide bonds. The summed E-state index contributed by atoms with van der Waals surface area (Å²) in [4.78, 5) is 9.17. The number of aryl methyl sites for hydroxylation is 1. The van der Waals surface area contributed by atoms with Gasteiger partial charge in [-0.05, 0) is 30.7 Å². The molecule has 1 aliphatic heterocycles. The van der Waals surface area contributed by atoms with E-state index in [0.717, 1.165) is 74.4 Å². The molecule has 2 aromatic heterocycles. The molecule has 31 heavy (non-hydrogen) atoms. The van der Waals surface area contributed by atoms with Gasteiger partial charge in [-0.25, -0.2) is 0 Å². The molecule has 0 unspecified atom stereocenters. The first kappa shape index (κ1) is 23.1. The molecule has 0 atom stereocenters. The number of para-hydroxylation sites is 2. The fourth-order valence-corrected chi connectivity index (χ4v) is 3.89. The molecule has 3 heterocycles. The van der Waals surface area contributed by atoms with Gasteiger partial charge in [0.1, 0.15) is 11.6 Å². The number of hydrogen-bond donors (Lipinski definition) is 1. The minimum absolute atomic E-state index is 0. The van der Waals surface area contributed by atoms with E-state index >= 15 is 0 Å². The number of guanidine groups is 1. The highest BCUT2D eigenvalue weighted by Crippen LogP contribution is 2.28. The number of anilines is 1. The number of ether oxygens (including phenoxy) is 1. The van der Waals surface area contributed by atoms with E-state index in [1.54, 1.807) is 7.11 Å². The molecule has 166 valence electrons. The van der Waals surface area contributed by atoms with Crippen molar-refractivity contribution in [3.63, 3.8) is 0 Å². The summed E-state index contributed by atoms with van der Waals surface area (Å²) in [5.74, 6) is 2.88. The Morgan fingerprint density at radius 1 is 1.06 bits per heavy atom. The highest BCUT2D eigenvalue weighted by molar-refractivity contribution is 14.0. The Bertz CT molecular complexity index is 998.